The molecule has 0 spiro atoms. The van der Waals surface area contributed by atoms with Gasteiger partial charge in [-0.2, -0.15) is 4.98 Å². The average molecular weight is 512 g/mol. The van der Waals surface area contributed by atoms with Gasteiger partial charge in [-0.15, -0.1) is 0 Å². The molecule has 3 N–H and O–H groups in total. The zero-order valence-electron chi connectivity index (χ0n) is 22.6. The summed E-state index contributed by atoms with van der Waals surface area (Å²) in [6.45, 7) is 14.1. The number of nitrogens with zero attached hydrogens (tertiary/aromatic N) is 6. The number of likely N-dealkylation sites (N-methyl/N-ethyl adjacent to an activating group) is 1. The van der Waals surface area contributed by atoms with Crippen molar-refractivity contribution in [2.75, 3.05) is 94.4 Å². The quantitative estimate of drug-likeness (QED) is 0.305. The molecule has 0 saturated carbocycles. The number of aromatic nitrogens is 3. The van der Waals surface area contributed by atoms with E-state index in [1.165, 1.54) is 0 Å². The molecule has 2 aliphatic heterocycles. The molecule has 2 aromatic heterocycles. The molecule has 2 saturated heterocycles. The van der Waals surface area contributed by atoms with Crippen molar-refractivity contribution in [1.82, 2.24) is 25.2 Å². The van der Waals surface area contributed by atoms with E-state index in [9.17, 15) is 0 Å². The van der Waals surface area contributed by atoms with Crippen LogP contribution in [0.5, 0.6) is 0 Å². The Morgan fingerprint density at radius 1 is 1.30 bits per heavy atom. The number of hydrogen-bond acceptors (Lipinski definition) is 11. The van der Waals surface area contributed by atoms with Gasteiger partial charge < -0.3 is 35.3 Å². The summed E-state index contributed by atoms with van der Waals surface area (Å²) in [6, 6.07) is 4.30. The summed E-state index contributed by atoms with van der Waals surface area (Å²) >= 11 is 0. The second-order valence-corrected chi connectivity index (χ2v) is 9.70. The van der Waals surface area contributed by atoms with Crippen molar-refractivity contribution < 1.29 is 9.47 Å². The average Bonchev–Trinajstić information content (AvgIpc) is 2.89. The molecule has 202 valence electrons. The maximum absolute atomic E-state index is 9.17. The third kappa shape index (κ3) is 7.35. The Morgan fingerprint density at radius 3 is 2.84 bits per heavy atom. The molecule has 1 atom stereocenters. The van der Waals surface area contributed by atoms with Crippen molar-refractivity contribution in [3.8, 4) is 0 Å². The SMILES string of the molecule is CCOCCN(C)c1c(Nc2cc(C)ccn2)nc(N2CCNC(C)C2)nc1C(=N)CN1CCOCC1. The topological polar surface area (TPSA) is 115 Å². The van der Waals surface area contributed by atoms with Gasteiger partial charge in [-0.05, 0) is 38.5 Å². The van der Waals surface area contributed by atoms with E-state index >= 15 is 0 Å². The summed E-state index contributed by atoms with van der Waals surface area (Å²) in [6.07, 6.45) is 1.79. The molecule has 2 aliphatic rings. The Bertz CT molecular complexity index is 1040. The molecule has 2 aromatic rings. The minimum Gasteiger partial charge on any atom is -0.380 e. The highest BCUT2D eigenvalue weighted by Crippen LogP contribution is 2.32. The van der Waals surface area contributed by atoms with Crippen LogP contribution in [0.3, 0.4) is 0 Å². The third-order valence-electron chi connectivity index (χ3n) is 6.61. The Kier molecular flexibility index (Phi) is 9.62. The van der Waals surface area contributed by atoms with Crippen molar-refractivity contribution in [3.05, 3.63) is 29.6 Å². The zero-order chi connectivity index (χ0) is 26.2. The van der Waals surface area contributed by atoms with Crippen molar-refractivity contribution in [2.24, 2.45) is 0 Å². The minimum absolute atomic E-state index is 0.331. The van der Waals surface area contributed by atoms with E-state index in [1.807, 2.05) is 33.0 Å². The molecular formula is C26H41N9O2. The smallest absolute Gasteiger partial charge is 0.228 e. The second-order valence-electron chi connectivity index (χ2n) is 9.70. The van der Waals surface area contributed by atoms with Crippen LogP contribution < -0.4 is 20.4 Å². The lowest BCUT2D eigenvalue weighted by Gasteiger charge is -2.34. The van der Waals surface area contributed by atoms with E-state index in [4.69, 9.17) is 24.9 Å². The molecule has 2 fully saturated rings. The monoisotopic (exact) mass is 511 g/mol. The van der Waals surface area contributed by atoms with Crippen LogP contribution >= 0.6 is 0 Å². The molecule has 37 heavy (non-hydrogen) atoms. The molecule has 4 rings (SSSR count). The maximum atomic E-state index is 9.17. The summed E-state index contributed by atoms with van der Waals surface area (Å²) in [5.74, 6) is 1.99. The number of rotatable bonds is 11. The summed E-state index contributed by atoms with van der Waals surface area (Å²) in [5, 5.41) is 16.1. The molecular weight excluding hydrogens is 470 g/mol. The van der Waals surface area contributed by atoms with E-state index in [2.05, 4.69) is 37.2 Å². The maximum Gasteiger partial charge on any atom is 0.228 e. The summed E-state index contributed by atoms with van der Waals surface area (Å²) in [7, 11) is 2.00. The fourth-order valence-electron chi connectivity index (χ4n) is 4.60. The molecule has 11 nitrogen and oxygen atoms in total. The van der Waals surface area contributed by atoms with Gasteiger partial charge in [0, 0.05) is 71.7 Å². The second kappa shape index (κ2) is 13.1. The fourth-order valence-corrected chi connectivity index (χ4v) is 4.60. The first kappa shape index (κ1) is 27.2. The number of aryl methyl sites for hydroxylation is 1. The van der Waals surface area contributed by atoms with Crippen LogP contribution in [0, 0.1) is 12.3 Å². The van der Waals surface area contributed by atoms with Crippen LogP contribution in [0.25, 0.3) is 0 Å². The Labute approximate surface area is 220 Å². The predicted molar refractivity (Wildman–Crippen MR) is 148 cm³/mol. The highest BCUT2D eigenvalue weighted by Gasteiger charge is 2.27. The van der Waals surface area contributed by atoms with E-state index in [0.717, 1.165) is 44.0 Å². The first-order valence-corrected chi connectivity index (χ1v) is 13.2. The number of piperazine rings is 1. The molecule has 0 radical (unpaired) electrons. The van der Waals surface area contributed by atoms with Gasteiger partial charge in [-0.25, -0.2) is 9.97 Å². The zero-order valence-corrected chi connectivity index (χ0v) is 22.6. The minimum atomic E-state index is 0.331. The van der Waals surface area contributed by atoms with Gasteiger partial charge in [0.1, 0.15) is 17.2 Å². The van der Waals surface area contributed by atoms with Crippen LogP contribution in [0.2, 0.25) is 0 Å². The fraction of sp³-hybridized carbons (Fsp3) is 0.615. The number of ether oxygens (including phenoxy) is 2. The summed E-state index contributed by atoms with van der Waals surface area (Å²) < 4.78 is 11.2. The lowest BCUT2D eigenvalue weighted by atomic mass is 10.1. The Balaban J connectivity index is 1.76. The highest BCUT2D eigenvalue weighted by atomic mass is 16.5. The number of anilines is 4. The summed E-state index contributed by atoms with van der Waals surface area (Å²) in [4.78, 5) is 21.1. The van der Waals surface area contributed by atoms with Crippen LogP contribution in [0.1, 0.15) is 25.1 Å². The Morgan fingerprint density at radius 2 is 2.11 bits per heavy atom. The van der Waals surface area contributed by atoms with Gasteiger partial charge >= 0.3 is 0 Å². The first-order chi connectivity index (χ1) is 17.9. The normalized spacial score (nSPS) is 18.6. The van der Waals surface area contributed by atoms with E-state index in [1.54, 1.807) is 6.20 Å². The standard InChI is InChI=1S/C26H41N9O2/c1-5-36-13-10-33(4)24-23(21(27)18-34-11-14-37-15-12-34)31-26(35-9-8-28-20(3)17-35)32-25(24)30-22-16-19(2)6-7-29-22/h6-7,16,20,27-28H,5,8-15,17-18H2,1-4H3,(H,29,30,31,32). The predicted octanol–water partition coefficient (Wildman–Crippen LogP) is 1.89. The molecule has 0 aromatic carbocycles. The van der Waals surface area contributed by atoms with Crippen LogP contribution in [0.15, 0.2) is 18.3 Å². The van der Waals surface area contributed by atoms with Crippen molar-refractivity contribution in [3.63, 3.8) is 0 Å². The molecule has 1 unspecified atom stereocenters. The number of pyridine rings is 1. The van der Waals surface area contributed by atoms with E-state index in [-0.39, 0.29) is 0 Å². The third-order valence-corrected chi connectivity index (χ3v) is 6.61. The number of hydrogen-bond donors (Lipinski definition) is 3. The molecule has 0 aliphatic carbocycles. The van der Waals surface area contributed by atoms with E-state index in [0.29, 0.717) is 74.5 Å². The van der Waals surface area contributed by atoms with Crippen molar-refractivity contribution in [2.45, 2.75) is 26.8 Å². The summed E-state index contributed by atoms with van der Waals surface area (Å²) in [5.41, 5.74) is 2.99. The van der Waals surface area contributed by atoms with Gasteiger partial charge in [0.25, 0.3) is 0 Å². The van der Waals surface area contributed by atoms with E-state index < -0.39 is 0 Å². The Hall–Kier alpha value is -2.86. The van der Waals surface area contributed by atoms with Gasteiger partial charge in [-0.1, -0.05) is 0 Å². The molecule has 0 amide bonds. The van der Waals surface area contributed by atoms with Crippen molar-refractivity contribution in [1.29, 1.82) is 5.41 Å². The van der Waals surface area contributed by atoms with Crippen LogP contribution in [-0.2, 0) is 9.47 Å². The van der Waals surface area contributed by atoms with Gasteiger partial charge in [0.05, 0.1) is 25.5 Å². The largest absolute Gasteiger partial charge is 0.380 e. The highest BCUT2D eigenvalue weighted by molar-refractivity contribution is 6.05. The van der Waals surface area contributed by atoms with Crippen LogP contribution in [0.4, 0.5) is 23.3 Å². The van der Waals surface area contributed by atoms with Gasteiger partial charge in [-0.3, -0.25) is 4.90 Å². The van der Waals surface area contributed by atoms with Gasteiger partial charge in [0.2, 0.25) is 5.95 Å². The molecule has 11 heteroatoms. The lowest BCUT2D eigenvalue weighted by molar-refractivity contribution is 0.0452. The molecule has 4 heterocycles. The lowest BCUT2D eigenvalue weighted by Crippen LogP contribution is -2.50. The van der Waals surface area contributed by atoms with Gasteiger partial charge in [0.15, 0.2) is 5.82 Å². The van der Waals surface area contributed by atoms with Crippen molar-refractivity contribution >= 4 is 29.0 Å². The van der Waals surface area contributed by atoms with Crippen LogP contribution in [-0.4, -0.2) is 111 Å². The number of nitrogens with one attached hydrogen (secondary N) is 3. The number of morpholine rings is 1. The first-order valence-electron chi connectivity index (χ1n) is 13.2. The molecule has 0 bridgehead atoms.